The van der Waals surface area contributed by atoms with Crippen molar-refractivity contribution in [2.24, 2.45) is 0 Å². The zero-order valence-corrected chi connectivity index (χ0v) is 17.2. The lowest BCUT2D eigenvalue weighted by atomic mass is 10.2. The molecule has 3 aromatic heterocycles. The predicted octanol–water partition coefficient (Wildman–Crippen LogP) is 3.68. The van der Waals surface area contributed by atoms with Crippen LogP contribution < -0.4 is 10.9 Å². The van der Waals surface area contributed by atoms with E-state index < -0.39 is 5.25 Å². The number of hydrogen-bond acceptors (Lipinski definition) is 7. The molecule has 3 rings (SSSR count). The predicted molar refractivity (Wildman–Crippen MR) is 109 cm³/mol. The molecule has 0 aliphatic carbocycles. The molecule has 0 radical (unpaired) electrons. The van der Waals surface area contributed by atoms with Crippen molar-refractivity contribution in [1.82, 2.24) is 14.7 Å². The number of carbonyl (C=O) groups excluding carboxylic acids is 1. The van der Waals surface area contributed by atoms with Crippen LogP contribution in [0.25, 0.3) is 10.2 Å². The van der Waals surface area contributed by atoms with E-state index in [1.165, 1.54) is 23.1 Å². The van der Waals surface area contributed by atoms with Crippen molar-refractivity contribution in [1.29, 1.82) is 0 Å². The van der Waals surface area contributed by atoms with Crippen LogP contribution in [0.4, 0.5) is 5.82 Å². The Morgan fingerprint density at radius 2 is 2.22 bits per heavy atom. The molecular weight excluding hydrogens is 384 g/mol. The second-order valence-corrected chi connectivity index (χ2v) is 8.65. The number of rotatable bonds is 6. The summed E-state index contributed by atoms with van der Waals surface area (Å²) in [7, 11) is 0. The molecule has 142 valence electrons. The zero-order valence-electron chi connectivity index (χ0n) is 15.5. The lowest BCUT2D eigenvalue weighted by Gasteiger charge is -2.14. The molecule has 3 aromatic rings. The lowest BCUT2D eigenvalue weighted by molar-refractivity contribution is -0.115. The average Bonchev–Trinajstić information content (AvgIpc) is 3.14. The van der Waals surface area contributed by atoms with Gasteiger partial charge in [0, 0.05) is 17.5 Å². The number of carbonyl (C=O) groups is 1. The molecule has 27 heavy (non-hydrogen) atoms. The van der Waals surface area contributed by atoms with E-state index in [1.54, 1.807) is 30.6 Å². The molecule has 0 spiro atoms. The van der Waals surface area contributed by atoms with Crippen LogP contribution in [0.1, 0.15) is 23.1 Å². The summed E-state index contributed by atoms with van der Waals surface area (Å²) in [5, 5.41) is 7.11. The Balaban J connectivity index is 1.92. The fourth-order valence-electron chi connectivity index (χ4n) is 2.55. The average molecular weight is 405 g/mol. The van der Waals surface area contributed by atoms with Crippen LogP contribution in [0.15, 0.2) is 33.2 Å². The number of nitrogens with zero attached hydrogens (tertiary/aromatic N) is 3. The minimum Gasteiger partial charge on any atom is -0.360 e. The van der Waals surface area contributed by atoms with E-state index in [2.05, 4.69) is 22.0 Å². The SMILES string of the molecule is C=CCn1c(S[C@H](C)C(=O)Nc2cc(C)on2)nc2sc(C)c(C)c2c1=O. The fourth-order valence-corrected chi connectivity index (χ4v) is 4.54. The molecule has 9 heteroatoms. The number of allylic oxidation sites excluding steroid dienone is 1. The van der Waals surface area contributed by atoms with Crippen LogP contribution in [0, 0.1) is 20.8 Å². The third-order valence-electron chi connectivity index (χ3n) is 4.10. The summed E-state index contributed by atoms with van der Waals surface area (Å²) in [5.41, 5.74) is 0.845. The highest BCUT2D eigenvalue weighted by Gasteiger charge is 2.21. The van der Waals surface area contributed by atoms with Crippen molar-refractivity contribution in [2.75, 3.05) is 5.32 Å². The van der Waals surface area contributed by atoms with E-state index in [0.717, 1.165) is 10.4 Å². The van der Waals surface area contributed by atoms with Gasteiger partial charge in [-0.25, -0.2) is 4.98 Å². The van der Waals surface area contributed by atoms with Crippen molar-refractivity contribution < 1.29 is 9.32 Å². The van der Waals surface area contributed by atoms with Gasteiger partial charge >= 0.3 is 0 Å². The van der Waals surface area contributed by atoms with Crippen molar-refractivity contribution in [3.63, 3.8) is 0 Å². The zero-order chi connectivity index (χ0) is 19.7. The third-order valence-corrected chi connectivity index (χ3v) is 6.29. The summed E-state index contributed by atoms with van der Waals surface area (Å²) in [5.74, 6) is 0.730. The van der Waals surface area contributed by atoms with Crippen LogP contribution in [0.3, 0.4) is 0 Å². The molecule has 0 aromatic carbocycles. The molecule has 0 saturated carbocycles. The number of fused-ring (bicyclic) bond motifs is 1. The Morgan fingerprint density at radius 1 is 1.48 bits per heavy atom. The Labute approximate surface area is 164 Å². The van der Waals surface area contributed by atoms with E-state index in [4.69, 9.17) is 4.52 Å². The van der Waals surface area contributed by atoms with Gasteiger partial charge in [-0.3, -0.25) is 14.2 Å². The number of aryl methyl sites for hydroxylation is 3. The minimum absolute atomic E-state index is 0.107. The summed E-state index contributed by atoms with van der Waals surface area (Å²) in [6, 6.07) is 1.64. The molecule has 0 bridgehead atoms. The summed E-state index contributed by atoms with van der Waals surface area (Å²) < 4.78 is 6.51. The van der Waals surface area contributed by atoms with Crippen molar-refractivity contribution in [3.8, 4) is 0 Å². The van der Waals surface area contributed by atoms with Gasteiger partial charge in [-0.05, 0) is 33.3 Å². The first-order valence-electron chi connectivity index (χ1n) is 8.34. The highest BCUT2D eigenvalue weighted by Crippen LogP contribution is 2.30. The Morgan fingerprint density at radius 3 is 2.85 bits per heavy atom. The largest absolute Gasteiger partial charge is 0.360 e. The standard InChI is InChI=1S/C18H20N4O3S2/c1-6-7-22-17(24)14-10(3)11(4)26-16(14)20-18(22)27-12(5)15(23)19-13-8-9(2)25-21-13/h6,8,12H,1,7H2,2-5H3,(H,19,21,23)/t12-/m1/s1. The molecule has 1 amide bonds. The maximum atomic E-state index is 13.0. The lowest BCUT2D eigenvalue weighted by Crippen LogP contribution is -2.26. The van der Waals surface area contributed by atoms with Crippen molar-refractivity contribution in [2.45, 2.75) is 44.6 Å². The Kier molecular flexibility index (Phi) is 5.52. The van der Waals surface area contributed by atoms with E-state index >= 15 is 0 Å². The van der Waals surface area contributed by atoms with Crippen molar-refractivity contribution >= 4 is 45.0 Å². The monoisotopic (exact) mass is 404 g/mol. The van der Waals surface area contributed by atoms with E-state index in [9.17, 15) is 9.59 Å². The van der Waals surface area contributed by atoms with E-state index in [-0.39, 0.29) is 11.5 Å². The summed E-state index contributed by atoms with van der Waals surface area (Å²) in [6.45, 7) is 11.5. The maximum Gasteiger partial charge on any atom is 0.263 e. The molecule has 0 unspecified atom stereocenters. The van der Waals surface area contributed by atoms with E-state index in [0.29, 0.717) is 33.5 Å². The van der Waals surface area contributed by atoms with Gasteiger partial charge in [-0.1, -0.05) is 23.0 Å². The summed E-state index contributed by atoms with van der Waals surface area (Å²) in [6.07, 6.45) is 1.65. The van der Waals surface area contributed by atoms with Gasteiger partial charge in [-0.15, -0.1) is 17.9 Å². The second kappa shape index (κ2) is 7.69. The van der Waals surface area contributed by atoms with Gasteiger partial charge in [0.1, 0.15) is 10.6 Å². The number of anilines is 1. The third kappa shape index (κ3) is 3.84. The quantitative estimate of drug-likeness (QED) is 0.383. The molecule has 0 fully saturated rings. The summed E-state index contributed by atoms with van der Waals surface area (Å²) >= 11 is 2.72. The first-order valence-corrected chi connectivity index (χ1v) is 10.0. The van der Waals surface area contributed by atoms with Crippen LogP contribution >= 0.6 is 23.1 Å². The van der Waals surface area contributed by atoms with E-state index in [1.807, 2.05) is 13.8 Å². The Bertz CT molecular complexity index is 1080. The topological polar surface area (TPSA) is 90.0 Å². The normalized spacial score (nSPS) is 12.3. The first-order chi connectivity index (χ1) is 12.8. The number of amides is 1. The van der Waals surface area contributed by atoms with Gasteiger partial charge in [0.2, 0.25) is 5.91 Å². The molecule has 0 aliphatic heterocycles. The number of thiophene rings is 1. The van der Waals surface area contributed by atoms with Crippen LogP contribution in [0.5, 0.6) is 0 Å². The van der Waals surface area contributed by atoms with Crippen LogP contribution in [-0.2, 0) is 11.3 Å². The van der Waals surface area contributed by atoms with Gasteiger partial charge in [0.15, 0.2) is 11.0 Å². The number of aromatic nitrogens is 3. The number of hydrogen-bond donors (Lipinski definition) is 1. The molecule has 0 saturated heterocycles. The van der Waals surface area contributed by atoms with Crippen LogP contribution in [-0.4, -0.2) is 25.9 Å². The molecular formula is C18H20N4O3S2. The second-order valence-electron chi connectivity index (χ2n) is 6.13. The smallest absolute Gasteiger partial charge is 0.263 e. The van der Waals surface area contributed by atoms with Gasteiger partial charge in [-0.2, -0.15) is 0 Å². The van der Waals surface area contributed by atoms with Crippen molar-refractivity contribution in [3.05, 3.63) is 45.3 Å². The molecule has 1 N–H and O–H groups in total. The Hall–Kier alpha value is -2.39. The van der Waals surface area contributed by atoms with Gasteiger partial charge in [0.05, 0.1) is 10.6 Å². The van der Waals surface area contributed by atoms with Gasteiger partial charge < -0.3 is 9.84 Å². The fraction of sp³-hybridized carbons (Fsp3) is 0.333. The number of nitrogens with one attached hydrogen (secondary N) is 1. The highest BCUT2D eigenvalue weighted by molar-refractivity contribution is 8.00. The summed E-state index contributed by atoms with van der Waals surface area (Å²) in [4.78, 5) is 31.8. The molecule has 0 aliphatic rings. The highest BCUT2D eigenvalue weighted by atomic mass is 32.2. The maximum absolute atomic E-state index is 13.0. The minimum atomic E-state index is -0.482. The van der Waals surface area contributed by atoms with Crippen LogP contribution in [0.2, 0.25) is 0 Å². The van der Waals surface area contributed by atoms with Gasteiger partial charge in [0.25, 0.3) is 5.56 Å². The first kappa shape index (κ1) is 19.4. The molecule has 1 atom stereocenters. The number of thioether (sulfide) groups is 1. The molecule has 7 nitrogen and oxygen atoms in total. The molecule has 3 heterocycles.